The van der Waals surface area contributed by atoms with Gasteiger partial charge in [-0.25, -0.2) is 26.8 Å². The molecule has 0 fully saturated rings. The zero-order valence-corrected chi connectivity index (χ0v) is 16.7. The summed E-state index contributed by atoms with van der Waals surface area (Å²) in [5.74, 6) is -0.510. The van der Waals surface area contributed by atoms with Gasteiger partial charge in [0.1, 0.15) is 0 Å². The Bertz CT molecular complexity index is 1100. The first-order valence-corrected chi connectivity index (χ1v) is 11.3. The van der Waals surface area contributed by atoms with Crippen molar-refractivity contribution in [2.45, 2.75) is 11.1 Å². The summed E-state index contributed by atoms with van der Waals surface area (Å²) in [6, 6.07) is 7.59. The summed E-state index contributed by atoms with van der Waals surface area (Å²) in [6.07, 6.45) is -4.50. The van der Waals surface area contributed by atoms with Crippen LogP contribution in [0.25, 0.3) is 0 Å². The molecular formula is C16H17F3N4O5S2. The summed E-state index contributed by atoms with van der Waals surface area (Å²) in [4.78, 5) is 11.6. The molecule has 164 valence electrons. The number of sulfonamides is 2. The second-order valence-electron chi connectivity index (χ2n) is 5.95. The van der Waals surface area contributed by atoms with Crippen molar-refractivity contribution in [1.29, 1.82) is 0 Å². The molecular weight excluding hydrogens is 449 g/mol. The summed E-state index contributed by atoms with van der Waals surface area (Å²) >= 11 is 0. The molecule has 2 rings (SSSR count). The van der Waals surface area contributed by atoms with Crippen LogP contribution < -0.4 is 20.5 Å². The highest BCUT2D eigenvalue weighted by Crippen LogP contribution is 2.29. The van der Waals surface area contributed by atoms with Gasteiger partial charge in [-0.3, -0.25) is 4.72 Å². The normalized spacial score (nSPS) is 12.3. The van der Waals surface area contributed by atoms with Gasteiger partial charge in [0.2, 0.25) is 20.0 Å². The van der Waals surface area contributed by atoms with E-state index in [0.29, 0.717) is 0 Å². The van der Waals surface area contributed by atoms with Crippen molar-refractivity contribution in [3.8, 4) is 0 Å². The minimum Gasteiger partial charge on any atom is -0.337 e. The summed E-state index contributed by atoms with van der Waals surface area (Å²) < 4.78 is 86.1. The quantitative estimate of drug-likeness (QED) is 0.492. The molecule has 0 spiro atoms. The van der Waals surface area contributed by atoms with Crippen molar-refractivity contribution in [1.82, 2.24) is 5.32 Å². The van der Waals surface area contributed by atoms with E-state index in [2.05, 4.69) is 15.4 Å². The van der Waals surface area contributed by atoms with Gasteiger partial charge >= 0.3 is 12.2 Å². The number of amides is 2. The Balaban J connectivity index is 1.84. The first-order valence-electron chi connectivity index (χ1n) is 8.12. The number of benzene rings is 2. The van der Waals surface area contributed by atoms with Crippen molar-refractivity contribution in [2.75, 3.05) is 22.3 Å². The Morgan fingerprint density at radius 3 is 1.93 bits per heavy atom. The molecule has 2 amide bonds. The first kappa shape index (κ1) is 23.4. The predicted molar refractivity (Wildman–Crippen MR) is 104 cm³/mol. The van der Waals surface area contributed by atoms with Gasteiger partial charge in [-0.1, -0.05) is 0 Å². The lowest BCUT2D eigenvalue weighted by Crippen LogP contribution is -2.34. The van der Waals surface area contributed by atoms with Gasteiger partial charge in [0, 0.05) is 17.9 Å². The number of urea groups is 1. The fraction of sp³-hybridized carbons (Fsp3) is 0.188. The molecule has 5 N–H and O–H groups in total. The molecule has 9 nitrogen and oxygen atoms in total. The van der Waals surface area contributed by atoms with E-state index in [4.69, 9.17) is 5.14 Å². The summed E-state index contributed by atoms with van der Waals surface area (Å²) in [5.41, 5.74) is -0.684. The number of rotatable bonds is 7. The lowest BCUT2D eigenvalue weighted by Gasteiger charge is -2.11. The number of anilines is 2. The van der Waals surface area contributed by atoms with Crippen LogP contribution in [0.4, 0.5) is 29.3 Å². The maximum absolute atomic E-state index is 12.5. The number of carbonyl (C=O) groups is 1. The molecule has 0 aromatic heterocycles. The Kier molecular flexibility index (Phi) is 6.95. The molecule has 0 aliphatic heterocycles. The third-order valence-electron chi connectivity index (χ3n) is 3.58. The molecule has 14 heteroatoms. The largest absolute Gasteiger partial charge is 0.416 e. The molecule has 30 heavy (non-hydrogen) atoms. The Hall–Kier alpha value is -2.84. The highest BCUT2D eigenvalue weighted by Gasteiger charge is 2.30. The standard InChI is InChI=1S/C16H17F3N4O5S2/c17-16(18,19)11-1-3-12(4-2-11)22-15(24)21-9-10-29(25,26)23-13-5-7-14(8-6-13)30(20,27)28/h1-8,23H,9-10H2,(H2,20,27,28)(H2,21,22,24). The number of alkyl halides is 3. The van der Waals surface area contributed by atoms with Crippen LogP contribution in [0.3, 0.4) is 0 Å². The second kappa shape index (κ2) is 8.89. The summed E-state index contributed by atoms with van der Waals surface area (Å²) in [7, 11) is -7.78. The van der Waals surface area contributed by atoms with Gasteiger partial charge in [0.05, 0.1) is 16.2 Å². The van der Waals surface area contributed by atoms with Crippen molar-refractivity contribution < 1.29 is 34.8 Å². The monoisotopic (exact) mass is 466 g/mol. The van der Waals surface area contributed by atoms with Gasteiger partial charge < -0.3 is 10.6 Å². The third kappa shape index (κ3) is 7.20. The molecule has 0 saturated heterocycles. The van der Waals surface area contributed by atoms with Crippen molar-refractivity contribution in [3.63, 3.8) is 0 Å². The van der Waals surface area contributed by atoms with E-state index < -0.39 is 43.6 Å². The number of nitrogens with two attached hydrogens (primary N) is 1. The second-order valence-corrected chi connectivity index (χ2v) is 9.35. The van der Waals surface area contributed by atoms with Crippen LogP contribution in [0.1, 0.15) is 5.56 Å². The molecule has 0 heterocycles. The molecule has 0 aliphatic carbocycles. The van der Waals surface area contributed by atoms with E-state index >= 15 is 0 Å². The van der Waals surface area contributed by atoms with Gasteiger partial charge in [-0.05, 0) is 48.5 Å². The van der Waals surface area contributed by atoms with Crippen LogP contribution in [0, 0.1) is 0 Å². The maximum atomic E-state index is 12.5. The molecule has 2 aromatic carbocycles. The number of hydrogen-bond donors (Lipinski definition) is 4. The van der Waals surface area contributed by atoms with E-state index in [0.717, 1.165) is 36.4 Å². The lowest BCUT2D eigenvalue weighted by molar-refractivity contribution is -0.137. The minimum absolute atomic E-state index is 0.0939. The van der Waals surface area contributed by atoms with Gasteiger partial charge in [-0.2, -0.15) is 13.2 Å². The molecule has 0 saturated carbocycles. The van der Waals surface area contributed by atoms with Gasteiger partial charge in [-0.15, -0.1) is 0 Å². The SMILES string of the molecule is NS(=O)(=O)c1ccc(NS(=O)(=O)CCNC(=O)Nc2ccc(C(F)(F)F)cc2)cc1. The van der Waals surface area contributed by atoms with Crippen LogP contribution in [0.2, 0.25) is 0 Å². The van der Waals surface area contributed by atoms with Crippen LogP contribution in [0.15, 0.2) is 53.4 Å². The van der Waals surface area contributed by atoms with Crippen molar-refractivity contribution in [3.05, 3.63) is 54.1 Å². The van der Waals surface area contributed by atoms with Crippen molar-refractivity contribution >= 4 is 37.5 Å². The summed E-state index contributed by atoms with van der Waals surface area (Å²) in [6.45, 7) is -0.295. The zero-order chi connectivity index (χ0) is 22.6. The lowest BCUT2D eigenvalue weighted by atomic mass is 10.2. The number of halogens is 3. The molecule has 0 bridgehead atoms. The molecule has 2 aromatic rings. The van der Waals surface area contributed by atoms with Gasteiger partial charge in [0.25, 0.3) is 0 Å². The predicted octanol–water partition coefficient (Wildman–Crippen LogP) is 1.92. The van der Waals surface area contributed by atoms with E-state index in [1.54, 1.807) is 0 Å². The Morgan fingerprint density at radius 2 is 1.43 bits per heavy atom. The molecule has 0 radical (unpaired) electrons. The number of nitrogens with one attached hydrogen (secondary N) is 3. The maximum Gasteiger partial charge on any atom is 0.416 e. The highest BCUT2D eigenvalue weighted by atomic mass is 32.2. The summed E-state index contributed by atoms with van der Waals surface area (Å²) in [5, 5.41) is 9.48. The fourth-order valence-corrected chi connectivity index (χ4v) is 3.64. The zero-order valence-electron chi connectivity index (χ0n) is 15.1. The van der Waals surface area contributed by atoms with E-state index in [1.807, 2.05) is 0 Å². The average Bonchev–Trinajstić information content (AvgIpc) is 2.60. The highest BCUT2D eigenvalue weighted by molar-refractivity contribution is 7.92. The topological polar surface area (TPSA) is 147 Å². The van der Waals surface area contributed by atoms with Crippen LogP contribution in [0.5, 0.6) is 0 Å². The van der Waals surface area contributed by atoms with E-state index in [-0.39, 0.29) is 22.8 Å². The van der Waals surface area contributed by atoms with Crippen LogP contribution in [-0.2, 0) is 26.2 Å². The molecule has 0 atom stereocenters. The van der Waals surface area contributed by atoms with Crippen LogP contribution >= 0.6 is 0 Å². The number of primary sulfonamides is 1. The Morgan fingerprint density at radius 1 is 0.900 bits per heavy atom. The fourth-order valence-electron chi connectivity index (χ4n) is 2.16. The average molecular weight is 466 g/mol. The minimum atomic E-state index is -4.50. The van der Waals surface area contributed by atoms with Gasteiger partial charge in [0.15, 0.2) is 0 Å². The Labute approximate surface area is 170 Å². The van der Waals surface area contributed by atoms with Crippen LogP contribution in [-0.4, -0.2) is 35.2 Å². The number of carbonyl (C=O) groups excluding carboxylic acids is 1. The molecule has 0 unspecified atom stereocenters. The first-order chi connectivity index (χ1) is 13.8. The van der Waals surface area contributed by atoms with E-state index in [9.17, 15) is 34.8 Å². The molecule has 0 aliphatic rings. The smallest absolute Gasteiger partial charge is 0.337 e. The van der Waals surface area contributed by atoms with Crippen molar-refractivity contribution in [2.24, 2.45) is 5.14 Å². The van der Waals surface area contributed by atoms with E-state index in [1.165, 1.54) is 12.1 Å². The third-order valence-corrected chi connectivity index (χ3v) is 5.80. The number of hydrogen-bond acceptors (Lipinski definition) is 5.